The highest BCUT2D eigenvalue weighted by Gasteiger charge is 2.25. The Morgan fingerprint density at radius 2 is 1.87 bits per heavy atom. The average molecular weight is 340 g/mol. The molecule has 0 aliphatic carbocycles. The van der Waals surface area contributed by atoms with E-state index in [1.165, 1.54) is 18.2 Å². The molecule has 8 heteroatoms. The van der Waals surface area contributed by atoms with Gasteiger partial charge in [0.25, 0.3) is 11.8 Å². The number of halogens is 1. The van der Waals surface area contributed by atoms with Crippen LogP contribution in [-0.4, -0.2) is 29.5 Å². The Bertz CT molecular complexity index is 580. The minimum atomic E-state index is -0.834. The van der Waals surface area contributed by atoms with Crippen LogP contribution in [0.15, 0.2) is 24.3 Å². The predicted octanol–water partition coefficient (Wildman–Crippen LogP) is 1.10. The zero-order valence-corrected chi connectivity index (χ0v) is 14.1. The van der Waals surface area contributed by atoms with Crippen molar-refractivity contribution in [1.82, 2.24) is 21.5 Å². The molecule has 0 aromatic heterocycles. The molecule has 1 rings (SSSR count). The van der Waals surface area contributed by atoms with Crippen molar-refractivity contribution < 1.29 is 14.0 Å². The largest absolute Gasteiger partial charge is 0.362 e. The molecule has 0 aliphatic heterocycles. The third kappa shape index (κ3) is 5.82. The van der Waals surface area contributed by atoms with Crippen molar-refractivity contribution in [1.29, 1.82) is 0 Å². The molecule has 0 aliphatic rings. The summed E-state index contributed by atoms with van der Waals surface area (Å²) < 4.78 is 13.6. The summed E-state index contributed by atoms with van der Waals surface area (Å²) in [6.07, 6.45) is 0. The Hall–Kier alpha value is -2.22. The maximum atomic E-state index is 13.6. The van der Waals surface area contributed by atoms with Crippen molar-refractivity contribution in [2.45, 2.75) is 26.8 Å². The minimum Gasteiger partial charge on any atom is -0.362 e. The third-order valence-corrected chi connectivity index (χ3v) is 3.24. The fourth-order valence-electron chi connectivity index (χ4n) is 1.80. The van der Waals surface area contributed by atoms with Crippen molar-refractivity contribution in [3.63, 3.8) is 0 Å². The molecule has 23 heavy (non-hydrogen) atoms. The van der Waals surface area contributed by atoms with Gasteiger partial charge < -0.3 is 10.6 Å². The molecule has 126 valence electrons. The lowest BCUT2D eigenvalue weighted by atomic mass is 10.0. The summed E-state index contributed by atoms with van der Waals surface area (Å²) in [7, 11) is 0. The molecule has 0 saturated carbocycles. The number of nitrogens with one attached hydrogen (secondary N) is 4. The van der Waals surface area contributed by atoms with E-state index in [0.29, 0.717) is 6.54 Å². The molecule has 0 unspecified atom stereocenters. The van der Waals surface area contributed by atoms with Crippen LogP contribution in [0.3, 0.4) is 0 Å². The van der Waals surface area contributed by atoms with Gasteiger partial charge in [0.05, 0.1) is 5.56 Å². The standard InChI is InChI=1S/C15H21FN4O2S/c1-4-17-15(23)20-19-14(22)12(9(2)3)18-13(21)10-7-5-6-8-11(10)16/h5-9,12H,4H2,1-3H3,(H,18,21)(H,19,22)(H2,17,20,23)/t12-/m0/s1. The molecule has 0 heterocycles. The molecule has 1 atom stereocenters. The van der Waals surface area contributed by atoms with Gasteiger partial charge in [-0.3, -0.25) is 20.4 Å². The van der Waals surface area contributed by atoms with Crippen LogP contribution in [0.4, 0.5) is 4.39 Å². The van der Waals surface area contributed by atoms with E-state index in [1.54, 1.807) is 19.9 Å². The maximum absolute atomic E-state index is 13.6. The molecule has 6 nitrogen and oxygen atoms in total. The summed E-state index contributed by atoms with van der Waals surface area (Å²) in [6.45, 7) is 6.02. The fourth-order valence-corrected chi connectivity index (χ4v) is 2.00. The van der Waals surface area contributed by atoms with Gasteiger partial charge in [-0.25, -0.2) is 4.39 Å². The van der Waals surface area contributed by atoms with Crippen molar-refractivity contribution in [2.24, 2.45) is 5.92 Å². The van der Waals surface area contributed by atoms with E-state index < -0.39 is 23.7 Å². The topological polar surface area (TPSA) is 82.3 Å². The van der Waals surface area contributed by atoms with Crippen LogP contribution in [0, 0.1) is 11.7 Å². The fraction of sp³-hybridized carbons (Fsp3) is 0.400. The zero-order chi connectivity index (χ0) is 17.4. The number of rotatable bonds is 5. The Balaban J connectivity index is 2.71. The Kier molecular flexibility index (Phi) is 7.40. The summed E-state index contributed by atoms with van der Waals surface area (Å²) in [5, 5.41) is 5.61. The number of benzene rings is 1. The molecule has 0 bridgehead atoms. The van der Waals surface area contributed by atoms with Crippen LogP contribution in [0.25, 0.3) is 0 Å². The lowest BCUT2D eigenvalue weighted by molar-refractivity contribution is -0.124. The van der Waals surface area contributed by atoms with Gasteiger partial charge in [0.2, 0.25) is 0 Å². The van der Waals surface area contributed by atoms with Crippen molar-refractivity contribution in [3.05, 3.63) is 35.6 Å². The van der Waals surface area contributed by atoms with Crippen LogP contribution in [0.5, 0.6) is 0 Å². The van der Waals surface area contributed by atoms with Crippen molar-refractivity contribution >= 4 is 29.1 Å². The molecule has 4 N–H and O–H groups in total. The SMILES string of the molecule is CCNC(=S)NNC(=O)[C@@H](NC(=O)c1ccccc1F)C(C)C. The van der Waals surface area contributed by atoms with Gasteiger partial charge in [0.1, 0.15) is 11.9 Å². The van der Waals surface area contributed by atoms with E-state index in [4.69, 9.17) is 12.2 Å². The van der Waals surface area contributed by atoms with Gasteiger partial charge >= 0.3 is 0 Å². The van der Waals surface area contributed by atoms with E-state index in [9.17, 15) is 14.0 Å². The second-order valence-corrected chi connectivity index (χ2v) is 5.56. The molecular weight excluding hydrogens is 319 g/mol. The molecule has 2 amide bonds. The molecule has 1 aromatic carbocycles. The first-order chi connectivity index (χ1) is 10.9. The third-order valence-electron chi connectivity index (χ3n) is 2.99. The molecule has 0 radical (unpaired) electrons. The van der Waals surface area contributed by atoms with Crippen LogP contribution in [0.2, 0.25) is 0 Å². The molecular formula is C15H21FN4O2S. The smallest absolute Gasteiger partial charge is 0.261 e. The first-order valence-electron chi connectivity index (χ1n) is 7.25. The minimum absolute atomic E-state index is 0.109. The highest BCUT2D eigenvalue weighted by Crippen LogP contribution is 2.08. The van der Waals surface area contributed by atoms with Crippen molar-refractivity contribution in [3.8, 4) is 0 Å². The quantitative estimate of drug-likeness (QED) is 0.477. The van der Waals surface area contributed by atoms with Gasteiger partial charge in [-0.15, -0.1) is 0 Å². The number of hydrogen-bond donors (Lipinski definition) is 4. The van der Waals surface area contributed by atoms with Gasteiger partial charge in [0.15, 0.2) is 5.11 Å². The number of amides is 2. The highest BCUT2D eigenvalue weighted by molar-refractivity contribution is 7.80. The van der Waals surface area contributed by atoms with E-state index >= 15 is 0 Å². The van der Waals surface area contributed by atoms with Crippen LogP contribution in [0.1, 0.15) is 31.1 Å². The molecule has 0 fully saturated rings. The Morgan fingerprint density at radius 3 is 2.43 bits per heavy atom. The Labute approximate surface area is 140 Å². The number of hydrazine groups is 1. The number of hydrogen-bond acceptors (Lipinski definition) is 3. The second kappa shape index (κ2) is 9.04. The van der Waals surface area contributed by atoms with Crippen LogP contribution < -0.4 is 21.5 Å². The Morgan fingerprint density at radius 1 is 1.22 bits per heavy atom. The van der Waals surface area contributed by atoms with Gasteiger partial charge in [-0.05, 0) is 37.2 Å². The predicted molar refractivity (Wildman–Crippen MR) is 90.0 cm³/mol. The zero-order valence-electron chi connectivity index (χ0n) is 13.3. The van der Waals surface area contributed by atoms with E-state index in [2.05, 4.69) is 21.5 Å². The van der Waals surface area contributed by atoms with Crippen LogP contribution >= 0.6 is 12.2 Å². The molecule has 0 saturated heterocycles. The summed E-state index contributed by atoms with van der Waals surface area (Å²) in [5.41, 5.74) is 4.85. The normalized spacial score (nSPS) is 11.5. The summed E-state index contributed by atoms with van der Waals surface area (Å²) in [6, 6.07) is 4.76. The summed E-state index contributed by atoms with van der Waals surface area (Å²) in [4.78, 5) is 24.3. The first-order valence-corrected chi connectivity index (χ1v) is 7.66. The summed E-state index contributed by atoms with van der Waals surface area (Å²) in [5.74, 6) is -1.95. The average Bonchev–Trinajstić information content (AvgIpc) is 2.50. The van der Waals surface area contributed by atoms with E-state index in [-0.39, 0.29) is 16.6 Å². The summed E-state index contributed by atoms with van der Waals surface area (Å²) >= 11 is 4.93. The van der Waals surface area contributed by atoms with E-state index in [0.717, 1.165) is 0 Å². The van der Waals surface area contributed by atoms with Gasteiger partial charge in [0, 0.05) is 6.54 Å². The first kappa shape index (κ1) is 18.8. The maximum Gasteiger partial charge on any atom is 0.261 e. The molecule has 0 spiro atoms. The highest BCUT2D eigenvalue weighted by atomic mass is 32.1. The van der Waals surface area contributed by atoms with Gasteiger partial charge in [-0.2, -0.15) is 0 Å². The second-order valence-electron chi connectivity index (χ2n) is 5.15. The lowest BCUT2D eigenvalue weighted by Gasteiger charge is -2.22. The monoisotopic (exact) mass is 340 g/mol. The van der Waals surface area contributed by atoms with Crippen LogP contribution in [-0.2, 0) is 4.79 Å². The number of carbonyl (C=O) groups is 2. The molecule has 1 aromatic rings. The van der Waals surface area contributed by atoms with E-state index in [1.807, 2.05) is 6.92 Å². The lowest BCUT2D eigenvalue weighted by Crippen LogP contribution is -2.55. The number of carbonyl (C=O) groups excluding carboxylic acids is 2. The number of thiocarbonyl (C=S) groups is 1. The van der Waals surface area contributed by atoms with Crippen molar-refractivity contribution in [2.75, 3.05) is 6.54 Å². The van der Waals surface area contributed by atoms with Gasteiger partial charge in [-0.1, -0.05) is 26.0 Å².